The molecule has 2 heterocycles. The Bertz CT molecular complexity index is 695. The third-order valence-corrected chi connectivity index (χ3v) is 4.63. The molecule has 132 valence electrons. The molecule has 25 heavy (non-hydrogen) atoms. The van der Waals surface area contributed by atoms with Gasteiger partial charge in [-0.25, -0.2) is 4.39 Å². The molecule has 1 aliphatic rings. The van der Waals surface area contributed by atoms with E-state index in [1.807, 2.05) is 36.9 Å². The molecule has 0 N–H and O–H groups in total. The standard InChI is InChI=1S/C20H23FN2O2/c1-14-12-25-13-15(2)23(14)20(24)19(11-18-5-3-4-10-22-18)16-6-8-17(21)9-7-16/h3-10,14-15,19H,11-13H2,1-2H3. The van der Waals surface area contributed by atoms with E-state index in [1.54, 1.807) is 18.3 Å². The summed E-state index contributed by atoms with van der Waals surface area (Å²) in [6.45, 7) is 5.07. The van der Waals surface area contributed by atoms with E-state index in [2.05, 4.69) is 4.98 Å². The van der Waals surface area contributed by atoms with Crippen LogP contribution >= 0.6 is 0 Å². The first-order chi connectivity index (χ1) is 12.1. The summed E-state index contributed by atoms with van der Waals surface area (Å²) in [6, 6.07) is 11.9. The molecule has 0 aliphatic carbocycles. The van der Waals surface area contributed by atoms with E-state index in [0.717, 1.165) is 11.3 Å². The molecule has 5 heteroatoms. The molecule has 1 aromatic heterocycles. The highest BCUT2D eigenvalue weighted by Crippen LogP contribution is 2.26. The lowest BCUT2D eigenvalue weighted by atomic mass is 9.91. The fourth-order valence-electron chi connectivity index (χ4n) is 3.39. The quantitative estimate of drug-likeness (QED) is 0.857. The summed E-state index contributed by atoms with van der Waals surface area (Å²) < 4.78 is 18.9. The molecule has 1 fully saturated rings. The van der Waals surface area contributed by atoms with Crippen molar-refractivity contribution in [1.29, 1.82) is 0 Å². The number of aromatic nitrogens is 1. The van der Waals surface area contributed by atoms with Crippen LogP contribution in [0.1, 0.15) is 31.0 Å². The predicted molar refractivity (Wildman–Crippen MR) is 93.7 cm³/mol. The van der Waals surface area contributed by atoms with Gasteiger partial charge in [0.1, 0.15) is 5.82 Å². The normalized spacial score (nSPS) is 21.8. The zero-order chi connectivity index (χ0) is 17.8. The topological polar surface area (TPSA) is 42.4 Å². The maximum Gasteiger partial charge on any atom is 0.231 e. The van der Waals surface area contributed by atoms with Crippen LogP contribution in [0, 0.1) is 5.82 Å². The summed E-state index contributed by atoms with van der Waals surface area (Å²) in [7, 11) is 0. The SMILES string of the molecule is CC1COCC(C)N1C(=O)C(Cc1ccccn1)c1ccc(F)cc1. The molecular weight excluding hydrogens is 319 g/mol. The molecule has 0 radical (unpaired) electrons. The molecule has 0 spiro atoms. The number of benzene rings is 1. The number of carbonyl (C=O) groups is 1. The maximum atomic E-state index is 13.4. The van der Waals surface area contributed by atoms with Crippen LogP contribution in [-0.4, -0.2) is 41.1 Å². The van der Waals surface area contributed by atoms with Gasteiger partial charge in [0.2, 0.25) is 5.91 Å². The summed E-state index contributed by atoms with van der Waals surface area (Å²) >= 11 is 0. The molecular formula is C20H23FN2O2. The number of nitrogens with zero attached hydrogens (tertiary/aromatic N) is 2. The van der Waals surface area contributed by atoms with E-state index < -0.39 is 5.92 Å². The molecule has 1 saturated heterocycles. The third-order valence-electron chi connectivity index (χ3n) is 4.63. The molecule has 3 unspecified atom stereocenters. The average Bonchev–Trinajstić information content (AvgIpc) is 2.61. The van der Waals surface area contributed by atoms with Crippen LogP contribution in [0.2, 0.25) is 0 Å². The van der Waals surface area contributed by atoms with Gasteiger partial charge in [0.15, 0.2) is 0 Å². The number of rotatable bonds is 4. The van der Waals surface area contributed by atoms with Crippen molar-refractivity contribution >= 4 is 5.91 Å². The molecule has 1 aliphatic heterocycles. The highest BCUT2D eigenvalue weighted by molar-refractivity contribution is 5.84. The summed E-state index contributed by atoms with van der Waals surface area (Å²) in [5.41, 5.74) is 1.65. The minimum absolute atomic E-state index is 0.0166. The number of pyridine rings is 1. The lowest BCUT2D eigenvalue weighted by molar-refractivity contribution is -0.145. The second kappa shape index (κ2) is 7.74. The van der Waals surface area contributed by atoms with Gasteiger partial charge >= 0.3 is 0 Å². The predicted octanol–water partition coefficient (Wildman–Crippen LogP) is 3.18. The summed E-state index contributed by atoms with van der Waals surface area (Å²) in [6.07, 6.45) is 2.21. The molecule has 0 saturated carbocycles. The molecule has 3 rings (SSSR count). The Labute approximate surface area is 147 Å². The number of carbonyl (C=O) groups excluding carboxylic acids is 1. The van der Waals surface area contributed by atoms with Crippen LogP contribution in [0.4, 0.5) is 4.39 Å². The third kappa shape index (κ3) is 4.04. The molecule has 2 aromatic rings. The monoisotopic (exact) mass is 342 g/mol. The Morgan fingerprint density at radius 3 is 2.48 bits per heavy atom. The zero-order valence-corrected chi connectivity index (χ0v) is 14.6. The van der Waals surface area contributed by atoms with Crippen LogP contribution in [0.3, 0.4) is 0 Å². The van der Waals surface area contributed by atoms with Crippen LogP contribution in [-0.2, 0) is 16.0 Å². The summed E-state index contributed by atoms with van der Waals surface area (Å²) in [5, 5.41) is 0. The minimum Gasteiger partial charge on any atom is -0.377 e. The minimum atomic E-state index is -0.390. The number of halogens is 1. The number of amides is 1. The van der Waals surface area contributed by atoms with Crippen LogP contribution in [0.15, 0.2) is 48.7 Å². The first kappa shape index (κ1) is 17.5. The van der Waals surface area contributed by atoms with Gasteiger partial charge in [-0.2, -0.15) is 0 Å². The Kier molecular flexibility index (Phi) is 5.43. The van der Waals surface area contributed by atoms with Crippen LogP contribution in [0.5, 0.6) is 0 Å². The smallest absolute Gasteiger partial charge is 0.231 e. The van der Waals surface area contributed by atoms with E-state index >= 15 is 0 Å². The van der Waals surface area contributed by atoms with Crippen molar-refractivity contribution in [2.75, 3.05) is 13.2 Å². The van der Waals surface area contributed by atoms with Gasteiger partial charge in [-0.1, -0.05) is 18.2 Å². The number of morpholine rings is 1. The van der Waals surface area contributed by atoms with Crippen molar-refractivity contribution in [2.24, 2.45) is 0 Å². The van der Waals surface area contributed by atoms with Gasteiger partial charge in [0, 0.05) is 18.3 Å². The van der Waals surface area contributed by atoms with Crippen LogP contribution < -0.4 is 0 Å². The first-order valence-corrected chi connectivity index (χ1v) is 8.61. The fraction of sp³-hybridized carbons (Fsp3) is 0.400. The molecule has 1 aromatic carbocycles. The van der Waals surface area contributed by atoms with E-state index in [1.165, 1.54) is 12.1 Å². The van der Waals surface area contributed by atoms with Crippen molar-refractivity contribution in [3.05, 3.63) is 65.7 Å². The van der Waals surface area contributed by atoms with Crippen molar-refractivity contribution in [3.8, 4) is 0 Å². The van der Waals surface area contributed by atoms with Crippen LogP contribution in [0.25, 0.3) is 0 Å². The number of hydrogen-bond acceptors (Lipinski definition) is 3. The highest BCUT2D eigenvalue weighted by atomic mass is 19.1. The summed E-state index contributed by atoms with van der Waals surface area (Å²) in [4.78, 5) is 19.6. The lowest BCUT2D eigenvalue weighted by Gasteiger charge is -2.40. The van der Waals surface area contributed by atoms with Crippen molar-refractivity contribution in [1.82, 2.24) is 9.88 Å². The summed E-state index contributed by atoms with van der Waals surface area (Å²) in [5.74, 6) is -0.653. The van der Waals surface area contributed by atoms with Gasteiger partial charge in [-0.3, -0.25) is 9.78 Å². The first-order valence-electron chi connectivity index (χ1n) is 8.61. The van der Waals surface area contributed by atoms with Gasteiger partial charge < -0.3 is 9.64 Å². The Hall–Kier alpha value is -2.27. The number of ether oxygens (including phenoxy) is 1. The molecule has 4 nitrogen and oxygen atoms in total. The van der Waals surface area contributed by atoms with E-state index in [4.69, 9.17) is 4.74 Å². The largest absolute Gasteiger partial charge is 0.377 e. The van der Waals surface area contributed by atoms with E-state index in [9.17, 15) is 9.18 Å². The van der Waals surface area contributed by atoms with Crippen molar-refractivity contribution in [3.63, 3.8) is 0 Å². The second-order valence-corrected chi connectivity index (χ2v) is 6.61. The van der Waals surface area contributed by atoms with Crippen molar-refractivity contribution < 1.29 is 13.9 Å². The van der Waals surface area contributed by atoms with E-state index in [0.29, 0.717) is 19.6 Å². The highest BCUT2D eigenvalue weighted by Gasteiger charge is 2.34. The Morgan fingerprint density at radius 1 is 1.20 bits per heavy atom. The average molecular weight is 342 g/mol. The number of hydrogen-bond donors (Lipinski definition) is 0. The van der Waals surface area contributed by atoms with E-state index in [-0.39, 0.29) is 23.8 Å². The molecule has 1 amide bonds. The van der Waals surface area contributed by atoms with Crippen molar-refractivity contribution in [2.45, 2.75) is 38.3 Å². The molecule has 0 bridgehead atoms. The lowest BCUT2D eigenvalue weighted by Crippen LogP contribution is -2.54. The van der Waals surface area contributed by atoms with Gasteiger partial charge in [0.25, 0.3) is 0 Å². The van der Waals surface area contributed by atoms with Gasteiger partial charge in [0.05, 0.1) is 31.2 Å². The second-order valence-electron chi connectivity index (χ2n) is 6.61. The Morgan fingerprint density at radius 2 is 1.88 bits per heavy atom. The molecule has 3 atom stereocenters. The fourth-order valence-corrected chi connectivity index (χ4v) is 3.39. The Balaban J connectivity index is 1.92. The van der Waals surface area contributed by atoms with Gasteiger partial charge in [-0.05, 0) is 43.7 Å². The van der Waals surface area contributed by atoms with Gasteiger partial charge in [-0.15, -0.1) is 0 Å². The maximum absolute atomic E-state index is 13.4. The zero-order valence-electron chi connectivity index (χ0n) is 14.6.